The maximum atomic E-state index is 13.0. The molecule has 1 atom stereocenters. The van der Waals surface area contributed by atoms with Crippen molar-refractivity contribution in [1.29, 1.82) is 0 Å². The van der Waals surface area contributed by atoms with Gasteiger partial charge in [-0.05, 0) is 37.1 Å². The van der Waals surface area contributed by atoms with Crippen molar-refractivity contribution in [2.75, 3.05) is 20.2 Å². The zero-order valence-electron chi connectivity index (χ0n) is 15.8. The summed E-state index contributed by atoms with van der Waals surface area (Å²) < 4.78 is 38.2. The van der Waals surface area contributed by atoms with Crippen molar-refractivity contribution >= 4 is 21.6 Å². The van der Waals surface area contributed by atoms with Gasteiger partial charge in [0.25, 0.3) is 0 Å². The lowest BCUT2D eigenvalue weighted by Crippen LogP contribution is -2.39. The van der Waals surface area contributed by atoms with Crippen LogP contribution in [0, 0.1) is 0 Å². The molecule has 7 nitrogen and oxygen atoms in total. The number of halogens is 1. The molecule has 1 saturated heterocycles. The lowest BCUT2D eigenvalue weighted by molar-refractivity contribution is 0.265. The number of nitrogens with zero attached hydrogens (tertiary/aromatic N) is 3. The molecule has 1 fully saturated rings. The first-order valence-corrected chi connectivity index (χ1v) is 11.0. The van der Waals surface area contributed by atoms with Gasteiger partial charge in [0.15, 0.2) is 0 Å². The normalized spacial score (nSPS) is 17.9. The highest BCUT2D eigenvalue weighted by Crippen LogP contribution is 2.32. The number of benzene rings is 2. The predicted molar refractivity (Wildman–Crippen MR) is 108 cm³/mol. The first-order chi connectivity index (χ1) is 14.0. The van der Waals surface area contributed by atoms with Crippen LogP contribution in [0.4, 0.5) is 0 Å². The Morgan fingerprint density at radius 3 is 2.83 bits per heavy atom. The highest BCUT2D eigenvalue weighted by Gasteiger charge is 2.34. The molecule has 2 aromatic carbocycles. The van der Waals surface area contributed by atoms with E-state index in [0.717, 1.165) is 12.0 Å². The Hall–Kier alpha value is -2.42. The average molecular weight is 434 g/mol. The lowest BCUT2D eigenvalue weighted by Gasteiger charge is -2.30. The maximum Gasteiger partial charge on any atom is 0.244 e. The van der Waals surface area contributed by atoms with E-state index in [0.29, 0.717) is 30.4 Å². The molecule has 2 heterocycles. The molecule has 0 amide bonds. The summed E-state index contributed by atoms with van der Waals surface area (Å²) in [6, 6.07) is 13.8. The van der Waals surface area contributed by atoms with Crippen LogP contribution >= 0.6 is 11.6 Å². The molecule has 1 aliphatic heterocycles. The molecule has 29 heavy (non-hydrogen) atoms. The average Bonchev–Trinajstić information content (AvgIpc) is 3.24. The maximum absolute atomic E-state index is 13.0. The summed E-state index contributed by atoms with van der Waals surface area (Å²) in [7, 11) is -2.10. The first kappa shape index (κ1) is 19.9. The molecule has 0 aliphatic carbocycles. The monoisotopic (exact) mass is 433 g/mol. The third kappa shape index (κ3) is 4.01. The molecule has 9 heteroatoms. The molecule has 1 aliphatic rings. The minimum atomic E-state index is -3.69. The zero-order chi connectivity index (χ0) is 20.4. The molecular formula is C20H20ClN3O4S. The van der Waals surface area contributed by atoms with Crippen molar-refractivity contribution < 1.29 is 17.7 Å². The van der Waals surface area contributed by atoms with E-state index >= 15 is 0 Å². The van der Waals surface area contributed by atoms with Crippen LogP contribution in [0.15, 0.2) is 57.9 Å². The number of piperidine rings is 1. The molecule has 0 unspecified atom stereocenters. The summed E-state index contributed by atoms with van der Waals surface area (Å²) in [5.74, 6) is 1.41. The molecule has 0 saturated carbocycles. The Morgan fingerprint density at radius 1 is 1.21 bits per heavy atom. The molecular weight excluding hydrogens is 414 g/mol. The molecule has 3 aromatic rings. The SMILES string of the molecule is COc1cccc(-c2noc([C@@H]3CCCN(S(=O)(=O)c4ccccc4Cl)C3)n2)c1. The van der Waals surface area contributed by atoms with Gasteiger partial charge in [-0.3, -0.25) is 0 Å². The molecule has 1 aromatic heterocycles. The van der Waals surface area contributed by atoms with Gasteiger partial charge in [0, 0.05) is 18.7 Å². The standard InChI is InChI=1S/C20H20ClN3O4S/c1-27-16-8-4-6-14(12-16)19-22-20(28-23-19)15-7-5-11-24(13-15)29(25,26)18-10-3-2-9-17(18)21/h2-4,6,8-10,12,15H,5,7,11,13H2,1H3/t15-/m1/s1. The number of ether oxygens (including phenoxy) is 1. The predicted octanol–water partition coefficient (Wildman–Crippen LogP) is 3.97. The number of sulfonamides is 1. The van der Waals surface area contributed by atoms with Gasteiger partial charge in [-0.25, -0.2) is 8.42 Å². The molecule has 0 radical (unpaired) electrons. The van der Waals surface area contributed by atoms with Crippen LogP contribution in [0.25, 0.3) is 11.4 Å². The van der Waals surface area contributed by atoms with E-state index in [1.807, 2.05) is 24.3 Å². The second-order valence-electron chi connectivity index (χ2n) is 6.82. The van der Waals surface area contributed by atoms with Gasteiger partial charge in [-0.2, -0.15) is 9.29 Å². The second-order valence-corrected chi connectivity index (χ2v) is 9.13. The number of aromatic nitrogens is 2. The lowest BCUT2D eigenvalue weighted by atomic mass is 10.00. The van der Waals surface area contributed by atoms with Crippen molar-refractivity contribution in [1.82, 2.24) is 14.4 Å². The summed E-state index contributed by atoms with van der Waals surface area (Å²) in [4.78, 5) is 4.62. The molecule has 0 N–H and O–H groups in total. The Labute approximate surface area is 174 Å². The number of hydrogen-bond acceptors (Lipinski definition) is 6. The third-order valence-corrected chi connectivity index (χ3v) is 7.32. The number of rotatable bonds is 5. The van der Waals surface area contributed by atoms with Crippen molar-refractivity contribution in [2.45, 2.75) is 23.7 Å². The van der Waals surface area contributed by atoms with Gasteiger partial charge >= 0.3 is 0 Å². The topological polar surface area (TPSA) is 85.5 Å². The first-order valence-electron chi connectivity index (χ1n) is 9.22. The van der Waals surface area contributed by atoms with E-state index in [4.69, 9.17) is 20.9 Å². The highest BCUT2D eigenvalue weighted by atomic mass is 35.5. The summed E-state index contributed by atoms with van der Waals surface area (Å²) in [6.45, 7) is 0.703. The van der Waals surface area contributed by atoms with Gasteiger partial charge < -0.3 is 9.26 Å². The fraction of sp³-hybridized carbons (Fsp3) is 0.300. The quantitative estimate of drug-likeness (QED) is 0.605. The Morgan fingerprint density at radius 2 is 2.03 bits per heavy atom. The van der Waals surface area contributed by atoms with Crippen LogP contribution in [0.5, 0.6) is 5.75 Å². The van der Waals surface area contributed by atoms with Crippen LogP contribution in [0.1, 0.15) is 24.7 Å². The Balaban J connectivity index is 1.56. The summed E-state index contributed by atoms with van der Waals surface area (Å²) in [6.07, 6.45) is 1.47. The van der Waals surface area contributed by atoms with E-state index in [2.05, 4.69) is 10.1 Å². The van der Waals surface area contributed by atoms with Gasteiger partial charge in [-0.1, -0.05) is 41.0 Å². The summed E-state index contributed by atoms with van der Waals surface area (Å²) in [5.41, 5.74) is 0.774. The summed E-state index contributed by atoms with van der Waals surface area (Å²) >= 11 is 6.12. The van der Waals surface area contributed by atoms with E-state index in [1.165, 1.54) is 10.4 Å². The largest absolute Gasteiger partial charge is 0.497 e. The van der Waals surface area contributed by atoms with Gasteiger partial charge in [0.1, 0.15) is 10.6 Å². The third-order valence-electron chi connectivity index (χ3n) is 4.96. The van der Waals surface area contributed by atoms with E-state index in [1.54, 1.807) is 25.3 Å². The fourth-order valence-electron chi connectivity index (χ4n) is 3.44. The number of hydrogen-bond donors (Lipinski definition) is 0. The molecule has 0 bridgehead atoms. The van der Waals surface area contributed by atoms with Crippen LogP contribution in [0.2, 0.25) is 5.02 Å². The van der Waals surface area contributed by atoms with E-state index < -0.39 is 10.0 Å². The fourth-order valence-corrected chi connectivity index (χ4v) is 5.45. The van der Waals surface area contributed by atoms with Crippen molar-refractivity contribution in [3.05, 3.63) is 59.4 Å². The molecule has 4 rings (SSSR count). The highest BCUT2D eigenvalue weighted by molar-refractivity contribution is 7.89. The summed E-state index contributed by atoms with van der Waals surface area (Å²) in [5, 5.41) is 4.28. The molecule has 152 valence electrons. The van der Waals surface area contributed by atoms with Gasteiger partial charge in [0.2, 0.25) is 21.7 Å². The van der Waals surface area contributed by atoms with Crippen LogP contribution in [0.3, 0.4) is 0 Å². The zero-order valence-corrected chi connectivity index (χ0v) is 17.4. The minimum Gasteiger partial charge on any atom is -0.497 e. The smallest absolute Gasteiger partial charge is 0.244 e. The van der Waals surface area contributed by atoms with Crippen LogP contribution in [-0.2, 0) is 10.0 Å². The van der Waals surface area contributed by atoms with Gasteiger partial charge in [-0.15, -0.1) is 0 Å². The van der Waals surface area contributed by atoms with E-state index in [-0.39, 0.29) is 22.4 Å². The van der Waals surface area contributed by atoms with Crippen molar-refractivity contribution in [3.8, 4) is 17.1 Å². The minimum absolute atomic E-state index is 0.116. The van der Waals surface area contributed by atoms with Crippen LogP contribution < -0.4 is 4.74 Å². The number of methoxy groups -OCH3 is 1. The Kier molecular flexibility index (Phi) is 5.58. The van der Waals surface area contributed by atoms with Crippen LogP contribution in [-0.4, -0.2) is 43.1 Å². The van der Waals surface area contributed by atoms with Crippen molar-refractivity contribution in [3.63, 3.8) is 0 Å². The van der Waals surface area contributed by atoms with Crippen molar-refractivity contribution in [2.24, 2.45) is 0 Å². The van der Waals surface area contributed by atoms with Gasteiger partial charge in [0.05, 0.1) is 18.1 Å². The molecule has 0 spiro atoms. The Bertz CT molecular complexity index is 1120. The van der Waals surface area contributed by atoms with E-state index in [9.17, 15) is 8.42 Å². The second kappa shape index (κ2) is 8.14.